The molecule has 2 aromatic carbocycles. The lowest BCUT2D eigenvalue weighted by Gasteiger charge is -2.25. The Bertz CT molecular complexity index is 647. The van der Waals surface area contributed by atoms with Gasteiger partial charge in [-0.3, -0.25) is 10.1 Å². The number of halogens is 1. The molecule has 6 heteroatoms. The fraction of sp³-hybridized carbons (Fsp3) is 0.250. The molecular formula is C16H18ClN3O2. The van der Waals surface area contributed by atoms with Crippen LogP contribution in [0.3, 0.4) is 0 Å². The van der Waals surface area contributed by atoms with Crippen LogP contribution in [-0.2, 0) is 0 Å². The van der Waals surface area contributed by atoms with Gasteiger partial charge in [-0.05, 0) is 31.8 Å². The zero-order chi connectivity index (χ0) is 16.1. The average molecular weight is 320 g/mol. The Hall–Kier alpha value is -2.11. The maximum absolute atomic E-state index is 11.1. The minimum absolute atomic E-state index is 0.0157. The van der Waals surface area contributed by atoms with Crippen LogP contribution in [0.25, 0.3) is 0 Å². The first-order valence-electron chi connectivity index (χ1n) is 6.88. The quantitative estimate of drug-likeness (QED) is 0.646. The van der Waals surface area contributed by atoms with Gasteiger partial charge in [-0.1, -0.05) is 41.9 Å². The summed E-state index contributed by atoms with van der Waals surface area (Å²) in [6.45, 7) is 0.555. The van der Waals surface area contributed by atoms with Gasteiger partial charge in [-0.2, -0.15) is 0 Å². The smallest absolute Gasteiger partial charge is 0.293 e. The minimum atomic E-state index is -0.429. The Morgan fingerprint density at radius 1 is 1.23 bits per heavy atom. The molecular weight excluding hydrogens is 302 g/mol. The van der Waals surface area contributed by atoms with E-state index in [-0.39, 0.29) is 11.7 Å². The lowest BCUT2D eigenvalue weighted by atomic mass is 10.1. The molecule has 116 valence electrons. The SMILES string of the molecule is CN(C)C(CNc1ccc(Cl)cc1[N+](=O)[O-])c1ccccc1. The Labute approximate surface area is 134 Å². The van der Waals surface area contributed by atoms with E-state index in [4.69, 9.17) is 11.6 Å². The summed E-state index contributed by atoms with van der Waals surface area (Å²) in [6.07, 6.45) is 0. The predicted molar refractivity (Wildman–Crippen MR) is 89.5 cm³/mol. The summed E-state index contributed by atoms with van der Waals surface area (Å²) < 4.78 is 0. The van der Waals surface area contributed by atoms with Crippen molar-refractivity contribution in [3.8, 4) is 0 Å². The molecule has 5 nitrogen and oxygen atoms in total. The van der Waals surface area contributed by atoms with Crippen molar-refractivity contribution in [3.63, 3.8) is 0 Å². The molecule has 1 atom stereocenters. The van der Waals surface area contributed by atoms with E-state index >= 15 is 0 Å². The van der Waals surface area contributed by atoms with Crippen LogP contribution in [0.15, 0.2) is 48.5 Å². The number of hydrogen-bond donors (Lipinski definition) is 1. The summed E-state index contributed by atoms with van der Waals surface area (Å²) >= 11 is 5.83. The molecule has 0 aliphatic carbocycles. The molecule has 0 spiro atoms. The molecule has 0 saturated carbocycles. The molecule has 0 fully saturated rings. The van der Waals surface area contributed by atoms with Crippen LogP contribution >= 0.6 is 11.6 Å². The highest BCUT2D eigenvalue weighted by atomic mass is 35.5. The summed E-state index contributed by atoms with van der Waals surface area (Å²) in [5, 5.41) is 14.6. The molecule has 0 amide bonds. The number of rotatable bonds is 6. The first-order chi connectivity index (χ1) is 10.5. The van der Waals surface area contributed by atoms with E-state index in [0.29, 0.717) is 17.3 Å². The lowest BCUT2D eigenvalue weighted by Crippen LogP contribution is -2.27. The van der Waals surface area contributed by atoms with Crippen molar-refractivity contribution in [3.05, 3.63) is 69.2 Å². The fourth-order valence-corrected chi connectivity index (χ4v) is 2.45. The highest BCUT2D eigenvalue weighted by Crippen LogP contribution is 2.29. The van der Waals surface area contributed by atoms with Crippen LogP contribution in [0, 0.1) is 10.1 Å². The monoisotopic (exact) mass is 319 g/mol. The Kier molecular flexibility index (Phi) is 5.35. The number of anilines is 1. The van der Waals surface area contributed by atoms with E-state index in [1.165, 1.54) is 6.07 Å². The molecule has 0 saturated heterocycles. The second kappa shape index (κ2) is 7.24. The van der Waals surface area contributed by atoms with Gasteiger partial charge in [0, 0.05) is 17.6 Å². The third kappa shape index (κ3) is 3.96. The van der Waals surface area contributed by atoms with Gasteiger partial charge < -0.3 is 10.2 Å². The second-order valence-corrected chi connectivity index (χ2v) is 5.63. The van der Waals surface area contributed by atoms with Gasteiger partial charge in [0.15, 0.2) is 0 Å². The maximum Gasteiger partial charge on any atom is 0.293 e. The first-order valence-corrected chi connectivity index (χ1v) is 7.26. The summed E-state index contributed by atoms with van der Waals surface area (Å²) in [5.41, 5.74) is 1.60. The summed E-state index contributed by atoms with van der Waals surface area (Å²) in [4.78, 5) is 12.8. The molecule has 0 aromatic heterocycles. The number of likely N-dealkylation sites (N-methyl/N-ethyl adjacent to an activating group) is 1. The molecule has 2 aromatic rings. The number of benzene rings is 2. The zero-order valence-electron chi connectivity index (χ0n) is 12.5. The highest BCUT2D eigenvalue weighted by molar-refractivity contribution is 6.30. The number of nitrogens with zero attached hydrogens (tertiary/aromatic N) is 2. The molecule has 22 heavy (non-hydrogen) atoms. The van der Waals surface area contributed by atoms with Crippen LogP contribution in [0.4, 0.5) is 11.4 Å². The fourth-order valence-electron chi connectivity index (χ4n) is 2.29. The molecule has 0 radical (unpaired) electrons. The van der Waals surface area contributed by atoms with Crippen molar-refractivity contribution in [2.45, 2.75) is 6.04 Å². The third-order valence-corrected chi connectivity index (χ3v) is 3.69. The number of hydrogen-bond acceptors (Lipinski definition) is 4. The summed E-state index contributed by atoms with van der Waals surface area (Å²) in [5.74, 6) is 0. The maximum atomic E-state index is 11.1. The van der Waals surface area contributed by atoms with Crippen LogP contribution in [-0.4, -0.2) is 30.5 Å². The van der Waals surface area contributed by atoms with Crippen molar-refractivity contribution >= 4 is 23.0 Å². The van der Waals surface area contributed by atoms with Crippen molar-refractivity contribution in [1.82, 2.24) is 4.90 Å². The number of nitrogens with one attached hydrogen (secondary N) is 1. The van der Waals surface area contributed by atoms with Crippen LogP contribution in [0.2, 0.25) is 5.02 Å². The van der Waals surface area contributed by atoms with E-state index in [2.05, 4.69) is 10.2 Å². The van der Waals surface area contributed by atoms with E-state index in [0.717, 1.165) is 5.56 Å². The lowest BCUT2D eigenvalue weighted by molar-refractivity contribution is -0.383. The van der Waals surface area contributed by atoms with Gasteiger partial charge in [-0.15, -0.1) is 0 Å². The van der Waals surface area contributed by atoms with Crippen molar-refractivity contribution < 1.29 is 4.92 Å². The van der Waals surface area contributed by atoms with E-state index in [9.17, 15) is 10.1 Å². The number of nitro groups is 1. The normalized spacial score (nSPS) is 12.2. The second-order valence-electron chi connectivity index (χ2n) is 5.19. The van der Waals surface area contributed by atoms with Gasteiger partial charge in [0.1, 0.15) is 5.69 Å². The molecule has 0 aliphatic heterocycles. The van der Waals surface area contributed by atoms with Gasteiger partial charge in [-0.25, -0.2) is 0 Å². The van der Waals surface area contributed by atoms with E-state index in [1.54, 1.807) is 12.1 Å². The average Bonchev–Trinajstić information content (AvgIpc) is 2.49. The molecule has 1 N–H and O–H groups in total. The standard InChI is InChI=1S/C16H18ClN3O2/c1-19(2)16(12-6-4-3-5-7-12)11-18-14-9-8-13(17)10-15(14)20(21)22/h3-10,16,18H,11H2,1-2H3. The van der Waals surface area contributed by atoms with Gasteiger partial charge >= 0.3 is 0 Å². The van der Waals surface area contributed by atoms with Crippen molar-refractivity contribution in [2.24, 2.45) is 0 Å². The summed E-state index contributed by atoms with van der Waals surface area (Å²) in [6, 6.07) is 14.8. The largest absolute Gasteiger partial charge is 0.378 e. The molecule has 0 bridgehead atoms. The van der Waals surface area contributed by atoms with Crippen LogP contribution in [0.1, 0.15) is 11.6 Å². The minimum Gasteiger partial charge on any atom is -0.378 e. The molecule has 0 aliphatic rings. The van der Waals surface area contributed by atoms with Crippen molar-refractivity contribution in [2.75, 3.05) is 26.0 Å². The first kappa shape index (κ1) is 16.3. The third-order valence-electron chi connectivity index (χ3n) is 3.45. The van der Waals surface area contributed by atoms with E-state index in [1.807, 2.05) is 44.4 Å². The topological polar surface area (TPSA) is 58.4 Å². The van der Waals surface area contributed by atoms with Crippen molar-refractivity contribution in [1.29, 1.82) is 0 Å². The Morgan fingerprint density at radius 2 is 1.91 bits per heavy atom. The molecule has 1 unspecified atom stereocenters. The zero-order valence-corrected chi connectivity index (χ0v) is 13.2. The highest BCUT2D eigenvalue weighted by Gasteiger charge is 2.18. The Morgan fingerprint density at radius 3 is 2.50 bits per heavy atom. The van der Waals surface area contributed by atoms with Crippen LogP contribution in [0.5, 0.6) is 0 Å². The summed E-state index contributed by atoms with van der Waals surface area (Å²) in [7, 11) is 3.96. The van der Waals surface area contributed by atoms with Crippen LogP contribution < -0.4 is 5.32 Å². The number of nitro benzene ring substituents is 1. The van der Waals surface area contributed by atoms with Gasteiger partial charge in [0.25, 0.3) is 5.69 Å². The molecule has 2 rings (SSSR count). The predicted octanol–water partition coefficient (Wildman–Crippen LogP) is 3.96. The Balaban J connectivity index is 2.19. The van der Waals surface area contributed by atoms with Gasteiger partial charge in [0.05, 0.1) is 11.0 Å². The van der Waals surface area contributed by atoms with E-state index < -0.39 is 4.92 Å². The van der Waals surface area contributed by atoms with Gasteiger partial charge in [0.2, 0.25) is 0 Å². The molecule has 0 heterocycles.